The van der Waals surface area contributed by atoms with Crippen molar-refractivity contribution in [2.75, 3.05) is 6.54 Å². The average Bonchev–Trinajstić information content (AvgIpc) is 2.65. The summed E-state index contributed by atoms with van der Waals surface area (Å²) in [6.45, 7) is 8.61. The van der Waals surface area contributed by atoms with Gasteiger partial charge in [-0.25, -0.2) is 0 Å². The molecule has 1 atom stereocenters. The van der Waals surface area contributed by atoms with E-state index in [1.54, 1.807) is 10.9 Å². The molecule has 0 aromatic carbocycles. The molecule has 1 unspecified atom stereocenters. The fourth-order valence-electron chi connectivity index (χ4n) is 1.85. The number of hydrogen-bond donors (Lipinski definition) is 2. The van der Waals surface area contributed by atoms with Crippen molar-refractivity contribution in [2.24, 2.45) is 18.2 Å². The Balaban J connectivity index is 2.87. The number of amides is 1. The third-order valence-electron chi connectivity index (χ3n) is 3.07. The van der Waals surface area contributed by atoms with E-state index in [2.05, 4.69) is 31.2 Å². The lowest BCUT2D eigenvalue weighted by Gasteiger charge is -2.30. The van der Waals surface area contributed by atoms with E-state index in [0.29, 0.717) is 12.1 Å². The third-order valence-corrected chi connectivity index (χ3v) is 3.07. The van der Waals surface area contributed by atoms with E-state index in [4.69, 9.17) is 5.73 Å². The van der Waals surface area contributed by atoms with Crippen LogP contribution >= 0.6 is 0 Å². The van der Waals surface area contributed by atoms with Gasteiger partial charge in [0.05, 0.1) is 11.3 Å². The number of hydrogen-bond acceptors (Lipinski definition) is 3. The fraction of sp³-hybridized carbons (Fsp3) is 0.692. The third kappa shape index (κ3) is 3.32. The molecule has 0 saturated heterocycles. The molecule has 3 N–H and O–H groups in total. The van der Waals surface area contributed by atoms with Crippen LogP contribution in [0.1, 0.15) is 43.7 Å². The number of rotatable bonds is 4. The highest BCUT2D eigenvalue weighted by molar-refractivity contribution is 5.95. The van der Waals surface area contributed by atoms with E-state index in [0.717, 1.165) is 12.1 Å². The first-order valence-corrected chi connectivity index (χ1v) is 6.33. The van der Waals surface area contributed by atoms with Crippen LogP contribution in [0.2, 0.25) is 0 Å². The zero-order valence-corrected chi connectivity index (χ0v) is 11.9. The first-order chi connectivity index (χ1) is 8.29. The van der Waals surface area contributed by atoms with Crippen LogP contribution in [0, 0.1) is 5.41 Å². The van der Waals surface area contributed by atoms with Crippen LogP contribution in [0.15, 0.2) is 6.20 Å². The lowest BCUT2D eigenvalue weighted by molar-refractivity contribution is 0.0904. The molecule has 1 amide bonds. The summed E-state index contributed by atoms with van der Waals surface area (Å²) < 4.78 is 1.67. The quantitative estimate of drug-likeness (QED) is 0.842. The van der Waals surface area contributed by atoms with E-state index < -0.39 is 0 Å². The van der Waals surface area contributed by atoms with Gasteiger partial charge in [0.25, 0.3) is 5.91 Å². The molecule has 0 spiro atoms. The molecular formula is C13H24N4O. The van der Waals surface area contributed by atoms with Gasteiger partial charge in [-0.05, 0) is 11.8 Å². The predicted octanol–water partition coefficient (Wildman–Crippen LogP) is 1.09. The lowest BCUT2D eigenvalue weighted by Crippen LogP contribution is -2.48. The summed E-state index contributed by atoms with van der Waals surface area (Å²) in [4.78, 5) is 12.2. The summed E-state index contributed by atoms with van der Waals surface area (Å²) in [5.74, 6) is -0.0923. The lowest BCUT2D eigenvalue weighted by atomic mass is 9.86. The summed E-state index contributed by atoms with van der Waals surface area (Å²) in [6.07, 6.45) is 2.50. The molecule has 0 aliphatic rings. The molecule has 0 radical (unpaired) electrons. The Morgan fingerprint density at radius 1 is 1.56 bits per heavy atom. The molecule has 1 aromatic rings. The minimum absolute atomic E-state index is 0.0464. The van der Waals surface area contributed by atoms with E-state index in [1.165, 1.54) is 0 Å². The summed E-state index contributed by atoms with van der Waals surface area (Å²) in [7, 11) is 1.82. The second-order valence-electron chi connectivity index (χ2n) is 5.64. The Labute approximate surface area is 109 Å². The van der Waals surface area contributed by atoms with Crippen molar-refractivity contribution in [1.29, 1.82) is 0 Å². The molecule has 1 rings (SSSR count). The molecular weight excluding hydrogens is 228 g/mol. The molecule has 0 saturated carbocycles. The van der Waals surface area contributed by atoms with Crippen LogP contribution in [-0.2, 0) is 13.5 Å². The van der Waals surface area contributed by atoms with Gasteiger partial charge in [-0.3, -0.25) is 9.48 Å². The second-order valence-corrected chi connectivity index (χ2v) is 5.64. The molecule has 18 heavy (non-hydrogen) atoms. The van der Waals surface area contributed by atoms with E-state index >= 15 is 0 Å². The summed E-state index contributed by atoms with van der Waals surface area (Å²) in [6, 6.07) is -0.0464. The Bertz CT molecular complexity index is 417. The monoisotopic (exact) mass is 252 g/mol. The maximum Gasteiger partial charge on any atom is 0.255 e. The maximum atomic E-state index is 12.2. The highest BCUT2D eigenvalue weighted by Gasteiger charge is 2.26. The minimum Gasteiger partial charge on any atom is -0.347 e. The molecule has 1 heterocycles. The standard InChI is InChI=1S/C13H24N4O/c1-6-10-9(8-17(5)16-10)12(18)15-11(7-14)13(2,3)4/h8,11H,6-7,14H2,1-5H3,(H,15,18). The largest absolute Gasteiger partial charge is 0.347 e. The Kier molecular flexibility index (Phi) is 4.51. The van der Waals surface area contributed by atoms with E-state index in [1.807, 2.05) is 14.0 Å². The van der Waals surface area contributed by atoms with Gasteiger partial charge >= 0.3 is 0 Å². The summed E-state index contributed by atoms with van der Waals surface area (Å²) in [5.41, 5.74) is 7.13. The normalized spacial score (nSPS) is 13.4. The zero-order chi connectivity index (χ0) is 13.9. The minimum atomic E-state index is -0.0923. The number of nitrogens with zero attached hydrogens (tertiary/aromatic N) is 2. The summed E-state index contributed by atoms with van der Waals surface area (Å²) >= 11 is 0. The van der Waals surface area contributed by atoms with Crippen LogP contribution in [0.3, 0.4) is 0 Å². The summed E-state index contributed by atoms with van der Waals surface area (Å²) in [5, 5.41) is 7.26. The number of aromatic nitrogens is 2. The van der Waals surface area contributed by atoms with Crippen molar-refractivity contribution >= 4 is 5.91 Å². The highest BCUT2D eigenvalue weighted by atomic mass is 16.1. The van der Waals surface area contributed by atoms with Crippen LogP contribution < -0.4 is 11.1 Å². The molecule has 0 aliphatic heterocycles. The number of aryl methyl sites for hydroxylation is 2. The van der Waals surface area contributed by atoms with Crippen molar-refractivity contribution in [1.82, 2.24) is 15.1 Å². The fourth-order valence-corrected chi connectivity index (χ4v) is 1.85. The molecule has 0 aliphatic carbocycles. The molecule has 1 aromatic heterocycles. The molecule has 0 bridgehead atoms. The molecule has 5 heteroatoms. The van der Waals surface area contributed by atoms with Gasteiger partial charge < -0.3 is 11.1 Å². The topological polar surface area (TPSA) is 72.9 Å². The Morgan fingerprint density at radius 2 is 2.17 bits per heavy atom. The van der Waals surface area contributed by atoms with E-state index in [-0.39, 0.29) is 17.4 Å². The van der Waals surface area contributed by atoms with Crippen LogP contribution in [-0.4, -0.2) is 28.3 Å². The van der Waals surface area contributed by atoms with Gasteiger partial charge in [0.2, 0.25) is 0 Å². The highest BCUT2D eigenvalue weighted by Crippen LogP contribution is 2.19. The number of nitrogens with two attached hydrogens (primary N) is 1. The molecule has 0 fully saturated rings. The van der Waals surface area contributed by atoms with Crippen LogP contribution in [0.25, 0.3) is 0 Å². The van der Waals surface area contributed by atoms with Gasteiger partial charge in [0, 0.05) is 25.8 Å². The first-order valence-electron chi connectivity index (χ1n) is 6.33. The number of nitrogens with one attached hydrogen (secondary N) is 1. The SMILES string of the molecule is CCc1nn(C)cc1C(=O)NC(CN)C(C)(C)C. The Hall–Kier alpha value is -1.36. The van der Waals surface area contributed by atoms with Gasteiger partial charge in [0.15, 0.2) is 0 Å². The first kappa shape index (κ1) is 14.7. The van der Waals surface area contributed by atoms with Crippen molar-refractivity contribution in [3.05, 3.63) is 17.5 Å². The predicted molar refractivity (Wildman–Crippen MR) is 72.3 cm³/mol. The van der Waals surface area contributed by atoms with Crippen LogP contribution in [0.5, 0.6) is 0 Å². The Morgan fingerprint density at radius 3 is 2.61 bits per heavy atom. The van der Waals surface area contributed by atoms with E-state index in [9.17, 15) is 4.79 Å². The van der Waals surface area contributed by atoms with Crippen molar-refractivity contribution in [3.63, 3.8) is 0 Å². The van der Waals surface area contributed by atoms with Gasteiger partial charge in [-0.15, -0.1) is 0 Å². The number of carbonyl (C=O) groups excluding carboxylic acids is 1. The van der Waals surface area contributed by atoms with Gasteiger partial charge in [-0.1, -0.05) is 27.7 Å². The zero-order valence-electron chi connectivity index (χ0n) is 11.9. The smallest absolute Gasteiger partial charge is 0.255 e. The van der Waals surface area contributed by atoms with Gasteiger partial charge in [-0.2, -0.15) is 5.10 Å². The average molecular weight is 252 g/mol. The van der Waals surface area contributed by atoms with Crippen LogP contribution in [0.4, 0.5) is 0 Å². The number of carbonyl (C=O) groups is 1. The maximum absolute atomic E-state index is 12.2. The van der Waals surface area contributed by atoms with Gasteiger partial charge in [0.1, 0.15) is 0 Å². The second kappa shape index (κ2) is 5.52. The van der Waals surface area contributed by atoms with Crippen molar-refractivity contribution in [3.8, 4) is 0 Å². The van der Waals surface area contributed by atoms with Crippen molar-refractivity contribution < 1.29 is 4.79 Å². The molecule has 102 valence electrons. The molecule has 5 nitrogen and oxygen atoms in total. The van der Waals surface area contributed by atoms with Crippen molar-refractivity contribution in [2.45, 2.75) is 40.2 Å².